The number of amides is 3. The normalized spacial score (nSPS) is 18.3. The number of ether oxygens (including phenoxy) is 1. The standard InChI is InChI=1S/C20H27N3O6/c1-11(2)17(20(27)28)22-18(25)12(3)21-19(26)13-9-16(24)23(10-13)14-5-7-15(29-4)8-6-14/h5-8,11-13,17H,9-10H2,1-4H3,(H,21,26)(H,22,25)(H,27,28)/t12-,13?,17-/m0/s1. The van der Waals surface area contributed by atoms with Crippen molar-refractivity contribution in [3.05, 3.63) is 24.3 Å². The Morgan fingerprint density at radius 1 is 1.14 bits per heavy atom. The van der Waals surface area contributed by atoms with Gasteiger partial charge in [0.1, 0.15) is 17.8 Å². The van der Waals surface area contributed by atoms with E-state index >= 15 is 0 Å². The van der Waals surface area contributed by atoms with Crippen LogP contribution in [0.25, 0.3) is 0 Å². The van der Waals surface area contributed by atoms with Crippen molar-refractivity contribution >= 4 is 29.4 Å². The van der Waals surface area contributed by atoms with Crippen LogP contribution in [0, 0.1) is 11.8 Å². The van der Waals surface area contributed by atoms with Gasteiger partial charge >= 0.3 is 5.97 Å². The molecule has 2 rings (SSSR count). The second-order valence-corrected chi connectivity index (χ2v) is 7.40. The molecular weight excluding hydrogens is 378 g/mol. The number of anilines is 1. The number of carbonyl (C=O) groups is 4. The van der Waals surface area contributed by atoms with E-state index in [1.807, 2.05) is 0 Å². The summed E-state index contributed by atoms with van der Waals surface area (Å²) in [6, 6.07) is 4.98. The van der Waals surface area contributed by atoms with Crippen molar-refractivity contribution in [1.82, 2.24) is 10.6 Å². The van der Waals surface area contributed by atoms with Gasteiger partial charge in [0, 0.05) is 18.7 Å². The first-order valence-electron chi connectivity index (χ1n) is 9.42. The molecule has 3 amide bonds. The first-order chi connectivity index (χ1) is 13.6. The number of carboxylic acids is 1. The highest BCUT2D eigenvalue weighted by Gasteiger charge is 2.36. The van der Waals surface area contributed by atoms with Crippen molar-refractivity contribution in [2.45, 2.75) is 39.3 Å². The Hall–Kier alpha value is -3.10. The summed E-state index contributed by atoms with van der Waals surface area (Å²) in [5, 5.41) is 14.2. The van der Waals surface area contributed by atoms with E-state index in [0.29, 0.717) is 11.4 Å². The van der Waals surface area contributed by atoms with Crippen LogP contribution in [-0.4, -0.2) is 54.5 Å². The number of aliphatic carboxylic acids is 1. The molecular formula is C20H27N3O6. The lowest BCUT2D eigenvalue weighted by Gasteiger charge is -2.22. The first-order valence-corrected chi connectivity index (χ1v) is 9.42. The number of nitrogens with zero attached hydrogens (tertiary/aromatic N) is 1. The summed E-state index contributed by atoms with van der Waals surface area (Å²) in [6.45, 7) is 5.04. The van der Waals surface area contributed by atoms with E-state index in [-0.39, 0.29) is 24.8 Å². The lowest BCUT2D eigenvalue weighted by Crippen LogP contribution is -2.52. The van der Waals surface area contributed by atoms with Crippen molar-refractivity contribution in [2.75, 3.05) is 18.6 Å². The molecule has 0 aromatic heterocycles. The third-order valence-corrected chi connectivity index (χ3v) is 4.86. The molecule has 1 aromatic carbocycles. The summed E-state index contributed by atoms with van der Waals surface area (Å²) in [5.41, 5.74) is 0.665. The molecule has 0 spiro atoms. The smallest absolute Gasteiger partial charge is 0.326 e. The molecule has 1 aromatic rings. The van der Waals surface area contributed by atoms with Crippen LogP contribution in [0.4, 0.5) is 5.69 Å². The monoisotopic (exact) mass is 405 g/mol. The maximum Gasteiger partial charge on any atom is 0.326 e. The van der Waals surface area contributed by atoms with Crippen molar-refractivity contribution in [3.8, 4) is 5.75 Å². The summed E-state index contributed by atoms with van der Waals surface area (Å²) in [6.07, 6.45) is 0.0376. The third-order valence-electron chi connectivity index (χ3n) is 4.86. The lowest BCUT2D eigenvalue weighted by molar-refractivity contribution is -0.143. The predicted octanol–water partition coefficient (Wildman–Crippen LogP) is 0.778. The van der Waals surface area contributed by atoms with Crippen LogP contribution in [0.2, 0.25) is 0 Å². The second-order valence-electron chi connectivity index (χ2n) is 7.40. The van der Waals surface area contributed by atoms with Crippen LogP contribution in [0.1, 0.15) is 27.2 Å². The van der Waals surface area contributed by atoms with Gasteiger partial charge in [0.05, 0.1) is 13.0 Å². The number of rotatable bonds is 8. The third kappa shape index (κ3) is 5.46. The quantitative estimate of drug-likeness (QED) is 0.587. The summed E-state index contributed by atoms with van der Waals surface area (Å²) in [7, 11) is 1.55. The van der Waals surface area contributed by atoms with Crippen LogP contribution in [0.15, 0.2) is 24.3 Å². The van der Waals surface area contributed by atoms with Gasteiger partial charge in [0.2, 0.25) is 17.7 Å². The van der Waals surface area contributed by atoms with Crippen LogP contribution in [0.5, 0.6) is 5.75 Å². The Morgan fingerprint density at radius 2 is 1.76 bits per heavy atom. The van der Waals surface area contributed by atoms with Crippen molar-refractivity contribution in [2.24, 2.45) is 11.8 Å². The highest BCUT2D eigenvalue weighted by Crippen LogP contribution is 2.27. The molecule has 1 aliphatic heterocycles. The highest BCUT2D eigenvalue weighted by atomic mass is 16.5. The number of methoxy groups -OCH3 is 1. The van der Waals surface area contributed by atoms with E-state index in [9.17, 15) is 24.3 Å². The Bertz CT molecular complexity index is 777. The summed E-state index contributed by atoms with van der Waals surface area (Å²) >= 11 is 0. The molecule has 1 fully saturated rings. The molecule has 9 nitrogen and oxygen atoms in total. The molecule has 0 saturated carbocycles. The van der Waals surface area contributed by atoms with E-state index < -0.39 is 35.8 Å². The van der Waals surface area contributed by atoms with Crippen LogP contribution in [0.3, 0.4) is 0 Å². The Morgan fingerprint density at radius 3 is 2.28 bits per heavy atom. The average molecular weight is 405 g/mol. The Kier molecular flexibility index (Phi) is 7.19. The zero-order chi connectivity index (χ0) is 21.7. The minimum absolute atomic E-state index is 0.0376. The molecule has 1 aliphatic rings. The molecule has 3 N–H and O–H groups in total. The maximum absolute atomic E-state index is 12.5. The Labute approximate surface area is 169 Å². The second kappa shape index (κ2) is 9.40. The largest absolute Gasteiger partial charge is 0.497 e. The lowest BCUT2D eigenvalue weighted by atomic mass is 10.0. The number of carbonyl (C=O) groups excluding carboxylic acids is 3. The van der Waals surface area contributed by atoms with Gasteiger partial charge in [-0.25, -0.2) is 4.79 Å². The summed E-state index contributed by atoms with van der Waals surface area (Å²) < 4.78 is 5.10. The summed E-state index contributed by atoms with van der Waals surface area (Å²) in [4.78, 5) is 49.9. The van der Waals surface area contributed by atoms with Gasteiger partial charge in [-0.3, -0.25) is 14.4 Å². The number of hydrogen-bond donors (Lipinski definition) is 3. The van der Waals surface area contributed by atoms with Crippen LogP contribution < -0.4 is 20.3 Å². The van der Waals surface area contributed by atoms with Crippen LogP contribution in [-0.2, 0) is 19.2 Å². The molecule has 0 aliphatic carbocycles. The molecule has 0 radical (unpaired) electrons. The zero-order valence-electron chi connectivity index (χ0n) is 17.0. The fourth-order valence-electron chi connectivity index (χ4n) is 3.08. The summed E-state index contributed by atoms with van der Waals surface area (Å²) in [5.74, 6) is -2.56. The maximum atomic E-state index is 12.5. The highest BCUT2D eigenvalue weighted by molar-refractivity contribution is 6.01. The molecule has 1 unspecified atom stereocenters. The van der Waals surface area contributed by atoms with Gasteiger partial charge in [-0.15, -0.1) is 0 Å². The fraction of sp³-hybridized carbons (Fsp3) is 0.500. The Balaban J connectivity index is 1.95. The van der Waals surface area contributed by atoms with E-state index in [0.717, 1.165) is 0 Å². The molecule has 1 saturated heterocycles. The molecule has 0 bridgehead atoms. The van der Waals surface area contributed by atoms with Gasteiger partial charge < -0.3 is 25.4 Å². The number of nitrogens with one attached hydrogen (secondary N) is 2. The van der Waals surface area contributed by atoms with Gasteiger partial charge in [0.15, 0.2) is 0 Å². The number of hydrogen-bond acceptors (Lipinski definition) is 5. The minimum atomic E-state index is -1.14. The van der Waals surface area contributed by atoms with Crippen molar-refractivity contribution < 1.29 is 29.0 Å². The van der Waals surface area contributed by atoms with E-state index in [4.69, 9.17) is 4.74 Å². The zero-order valence-corrected chi connectivity index (χ0v) is 17.0. The minimum Gasteiger partial charge on any atom is -0.497 e. The predicted molar refractivity (Wildman–Crippen MR) is 105 cm³/mol. The SMILES string of the molecule is COc1ccc(N2CC(C(=O)N[C@@H](C)C(=O)N[C@H](C(=O)O)C(C)C)CC2=O)cc1. The topological polar surface area (TPSA) is 125 Å². The van der Waals surface area contributed by atoms with E-state index in [2.05, 4.69) is 10.6 Å². The molecule has 9 heteroatoms. The fourth-order valence-corrected chi connectivity index (χ4v) is 3.08. The molecule has 158 valence electrons. The molecule has 3 atom stereocenters. The number of benzene rings is 1. The van der Waals surface area contributed by atoms with Crippen molar-refractivity contribution in [3.63, 3.8) is 0 Å². The van der Waals surface area contributed by atoms with E-state index in [1.165, 1.54) is 11.8 Å². The van der Waals surface area contributed by atoms with Gasteiger partial charge in [-0.05, 0) is 37.1 Å². The average Bonchev–Trinajstić information content (AvgIpc) is 3.07. The van der Waals surface area contributed by atoms with Gasteiger partial charge in [-0.2, -0.15) is 0 Å². The first kappa shape index (κ1) is 22.2. The van der Waals surface area contributed by atoms with Crippen LogP contribution >= 0.6 is 0 Å². The number of carboxylic acid groups (broad SMARTS) is 1. The van der Waals surface area contributed by atoms with Gasteiger partial charge in [0.25, 0.3) is 0 Å². The molecule has 1 heterocycles. The molecule has 29 heavy (non-hydrogen) atoms. The van der Waals surface area contributed by atoms with Crippen molar-refractivity contribution in [1.29, 1.82) is 0 Å². The van der Waals surface area contributed by atoms with Gasteiger partial charge in [-0.1, -0.05) is 13.8 Å². The van der Waals surface area contributed by atoms with E-state index in [1.54, 1.807) is 45.2 Å².